The van der Waals surface area contributed by atoms with Gasteiger partial charge in [0.1, 0.15) is 11.5 Å². The molecule has 0 spiro atoms. The van der Waals surface area contributed by atoms with E-state index < -0.39 is 11.7 Å². The fourth-order valence-corrected chi connectivity index (χ4v) is 4.54. The van der Waals surface area contributed by atoms with Gasteiger partial charge in [0.15, 0.2) is 17.2 Å². The summed E-state index contributed by atoms with van der Waals surface area (Å²) in [5.41, 5.74) is 0.911. The zero-order chi connectivity index (χ0) is 25.4. The third kappa shape index (κ3) is 4.36. The Bertz CT molecular complexity index is 1320. The van der Waals surface area contributed by atoms with E-state index in [0.29, 0.717) is 48.4 Å². The van der Waals surface area contributed by atoms with E-state index in [-0.39, 0.29) is 17.5 Å². The lowest BCUT2D eigenvalue weighted by Crippen LogP contribution is -2.55. The molecule has 3 aromatic rings. The number of ether oxygens (including phenoxy) is 2. The summed E-state index contributed by atoms with van der Waals surface area (Å²) in [5.74, 6) is 2.18. The van der Waals surface area contributed by atoms with Gasteiger partial charge in [-0.2, -0.15) is 13.2 Å². The molecule has 36 heavy (non-hydrogen) atoms. The summed E-state index contributed by atoms with van der Waals surface area (Å²) in [7, 11) is 1.58. The van der Waals surface area contributed by atoms with Crippen molar-refractivity contribution in [3.8, 4) is 17.2 Å². The van der Waals surface area contributed by atoms with Crippen molar-refractivity contribution in [3.05, 3.63) is 83.4 Å². The van der Waals surface area contributed by atoms with Crippen LogP contribution >= 0.6 is 0 Å². The number of nitrogens with zero attached hydrogens (tertiary/aromatic N) is 3. The lowest BCUT2D eigenvalue weighted by atomic mass is 10.1. The maximum atomic E-state index is 13.1. The molecule has 1 atom stereocenters. The van der Waals surface area contributed by atoms with E-state index in [9.17, 15) is 18.0 Å². The third-order valence-electron chi connectivity index (χ3n) is 6.39. The Balaban J connectivity index is 1.42. The third-order valence-corrected chi connectivity index (χ3v) is 6.39. The average Bonchev–Trinajstić information content (AvgIpc) is 3.04. The van der Waals surface area contributed by atoms with E-state index in [1.165, 1.54) is 12.1 Å². The lowest BCUT2D eigenvalue weighted by molar-refractivity contribution is -0.137. The van der Waals surface area contributed by atoms with Gasteiger partial charge in [0.2, 0.25) is 0 Å². The lowest BCUT2D eigenvalue weighted by Gasteiger charge is -2.41. The molecule has 1 amide bonds. The van der Waals surface area contributed by atoms with Gasteiger partial charge in [0.05, 0.1) is 18.2 Å². The van der Waals surface area contributed by atoms with Crippen LogP contribution in [0.15, 0.2) is 71.7 Å². The number of para-hydroxylation sites is 3. The summed E-state index contributed by atoms with van der Waals surface area (Å²) in [5, 5.41) is 0. The largest absolute Gasteiger partial charge is 0.493 e. The first-order valence-electron chi connectivity index (χ1n) is 11.5. The zero-order valence-corrected chi connectivity index (χ0v) is 19.7. The Labute approximate surface area is 206 Å². The minimum atomic E-state index is -4.44. The van der Waals surface area contributed by atoms with Crippen LogP contribution in [0, 0.1) is 0 Å². The Hall–Kier alpha value is -4.01. The smallest absolute Gasteiger partial charge is 0.416 e. The topological polar surface area (TPSA) is 54.4 Å². The van der Waals surface area contributed by atoms with Gasteiger partial charge in [0, 0.05) is 31.2 Å². The fraction of sp³-hybridized carbons (Fsp3) is 0.259. The van der Waals surface area contributed by atoms with Gasteiger partial charge in [-0.1, -0.05) is 18.2 Å². The van der Waals surface area contributed by atoms with E-state index in [4.69, 9.17) is 14.5 Å². The summed E-state index contributed by atoms with van der Waals surface area (Å²) in [4.78, 5) is 21.8. The maximum absolute atomic E-state index is 13.1. The molecule has 0 radical (unpaired) electrons. The van der Waals surface area contributed by atoms with Crippen molar-refractivity contribution in [2.24, 2.45) is 4.99 Å². The molecule has 1 fully saturated rings. The Morgan fingerprint density at radius 2 is 1.78 bits per heavy atom. The van der Waals surface area contributed by atoms with Crippen molar-refractivity contribution in [2.45, 2.75) is 19.1 Å². The predicted octanol–water partition coefficient (Wildman–Crippen LogP) is 5.74. The molecule has 2 aliphatic heterocycles. The standard InChI is InChI=1S/C27H24F3N3O3/c1-17-16-32(14-15-33(17)26(34)18-10-12-19(13-11-18)27(28,29)30)25-20-6-5-9-23(35-2)24(20)36-22-8-4-3-7-21(22)31-25/h3-13,17H,14-16H2,1-2H3. The van der Waals surface area contributed by atoms with Crippen LogP contribution in [0.4, 0.5) is 18.9 Å². The Morgan fingerprint density at radius 3 is 2.47 bits per heavy atom. The number of fused-ring (bicyclic) bond motifs is 2. The minimum Gasteiger partial charge on any atom is -0.493 e. The van der Waals surface area contributed by atoms with Gasteiger partial charge in [-0.3, -0.25) is 4.79 Å². The van der Waals surface area contributed by atoms with Crippen molar-refractivity contribution in [1.29, 1.82) is 0 Å². The number of amidine groups is 1. The normalized spacial score (nSPS) is 17.4. The highest BCUT2D eigenvalue weighted by atomic mass is 19.4. The number of carbonyl (C=O) groups is 1. The Morgan fingerprint density at radius 1 is 1.03 bits per heavy atom. The number of amides is 1. The van der Waals surface area contributed by atoms with Crippen molar-refractivity contribution in [3.63, 3.8) is 0 Å². The van der Waals surface area contributed by atoms with Gasteiger partial charge in [0.25, 0.3) is 5.91 Å². The summed E-state index contributed by atoms with van der Waals surface area (Å²) in [6.07, 6.45) is -4.44. The number of benzene rings is 3. The molecule has 3 aromatic carbocycles. The van der Waals surface area contributed by atoms with Crippen LogP contribution in [0.1, 0.15) is 28.4 Å². The van der Waals surface area contributed by atoms with Crippen LogP contribution in [0.5, 0.6) is 17.2 Å². The average molecular weight is 496 g/mol. The molecule has 0 aliphatic carbocycles. The van der Waals surface area contributed by atoms with E-state index >= 15 is 0 Å². The number of methoxy groups -OCH3 is 1. The summed E-state index contributed by atoms with van der Waals surface area (Å²) in [6, 6.07) is 17.3. The van der Waals surface area contributed by atoms with E-state index in [1.807, 2.05) is 49.4 Å². The number of hydrogen-bond acceptors (Lipinski definition) is 5. The van der Waals surface area contributed by atoms with Gasteiger partial charge < -0.3 is 19.3 Å². The molecule has 0 bridgehead atoms. The molecule has 5 rings (SSSR count). The predicted molar refractivity (Wildman–Crippen MR) is 129 cm³/mol. The number of alkyl halides is 3. The number of rotatable bonds is 2. The first-order valence-corrected chi connectivity index (χ1v) is 11.5. The van der Waals surface area contributed by atoms with E-state index in [1.54, 1.807) is 12.0 Å². The monoisotopic (exact) mass is 495 g/mol. The van der Waals surface area contributed by atoms with Crippen LogP contribution in [-0.2, 0) is 6.18 Å². The van der Waals surface area contributed by atoms with Crippen molar-refractivity contribution >= 4 is 17.4 Å². The molecule has 0 N–H and O–H groups in total. The summed E-state index contributed by atoms with van der Waals surface area (Å²) < 4.78 is 50.5. The van der Waals surface area contributed by atoms with Crippen LogP contribution in [-0.4, -0.2) is 54.3 Å². The molecule has 6 nitrogen and oxygen atoms in total. The molecule has 186 valence electrons. The first-order chi connectivity index (χ1) is 17.3. The highest BCUT2D eigenvalue weighted by Crippen LogP contribution is 2.43. The van der Waals surface area contributed by atoms with Crippen LogP contribution in [0.3, 0.4) is 0 Å². The number of halogens is 3. The van der Waals surface area contributed by atoms with Gasteiger partial charge in [-0.15, -0.1) is 0 Å². The molecule has 1 saturated heterocycles. The number of aliphatic imine (C=N–C) groups is 1. The van der Waals surface area contributed by atoms with E-state index in [0.717, 1.165) is 17.7 Å². The second-order valence-electron chi connectivity index (χ2n) is 8.71. The zero-order valence-electron chi connectivity index (χ0n) is 19.7. The summed E-state index contributed by atoms with van der Waals surface area (Å²) >= 11 is 0. The molecule has 2 heterocycles. The van der Waals surface area contributed by atoms with Gasteiger partial charge in [-0.25, -0.2) is 4.99 Å². The second kappa shape index (κ2) is 9.22. The van der Waals surface area contributed by atoms with Gasteiger partial charge in [-0.05, 0) is 55.5 Å². The molecular weight excluding hydrogens is 471 g/mol. The van der Waals surface area contributed by atoms with Crippen molar-refractivity contribution in [2.75, 3.05) is 26.7 Å². The van der Waals surface area contributed by atoms with Crippen molar-refractivity contribution < 1.29 is 27.4 Å². The molecular formula is C27H24F3N3O3. The highest BCUT2D eigenvalue weighted by molar-refractivity contribution is 6.04. The molecule has 2 aliphatic rings. The Kier molecular flexibility index (Phi) is 6.07. The molecule has 1 unspecified atom stereocenters. The summed E-state index contributed by atoms with van der Waals surface area (Å²) in [6.45, 7) is 3.29. The maximum Gasteiger partial charge on any atom is 0.416 e. The SMILES string of the molecule is COc1cccc2c1Oc1ccccc1N=C2N1CCN(C(=O)c2ccc(C(F)(F)F)cc2)C(C)C1. The van der Waals surface area contributed by atoms with Crippen LogP contribution in [0.2, 0.25) is 0 Å². The fourth-order valence-electron chi connectivity index (χ4n) is 4.54. The molecule has 0 aromatic heterocycles. The number of carbonyl (C=O) groups excluding carboxylic acids is 1. The van der Waals surface area contributed by atoms with Crippen LogP contribution < -0.4 is 9.47 Å². The second-order valence-corrected chi connectivity index (χ2v) is 8.71. The molecule has 9 heteroatoms. The quantitative estimate of drug-likeness (QED) is 0.455. The minimum absolute atomic E-state index is 0.204. The molecule has 0 saturated carbocycles. The van der Waals surface area contributed by atoms with Crippen molar-refractivity contribution in [1.82, 2.24) is 9.80 Å². The van der Waals surface area contributed by atoms with Gasteiger partial charge >= 0.3 is 6.18 Å². The highest BCUT2D eigenvalue weighted by Gasteiger charge is 2.34. The van der Waals surface area contributed by atoms with E-state index in [2.05, 4.69) is 4.90 Å². The first kappa shape index (κ1) is 23.7. The number of hydrogen-bond donors (Lipinski definition) is 0. The van der Waals surface area contributed by atoms with Crippen LogP contribution in [0.25, 0.3) is 0 Å². The number of piperazine rings is 1.